The molecule has 0 aliphatic rings. The standard InChI is InChI=1S/C22H15ClN2O2/c23-19-10-11-20-18(12-19)13-21(27-20)22(26)25-24-14-15-6-8-17(9-7-15)16-4-2-1-3-5-16/h1-14H,(H,25,26)/b24-14+. The maximum atomic E-state index is 12.2. The van der Waals surface area contributed by atoms with Crippen molar-refractivity contribution in [2.24, 2.45) is 5.10 Å². The van der Waals surface area contributed by atoms with Crippen LogP contribution in [0.2, 0.25) is 5.02 Å². The zero-order valence-electron chi connectivity index (χ0n) is 14.2. The Hall–Kier alpha value is -3.37. The molecular weight excluding hydrogens is 360 g/mol. The summed E-state index contributed by atoms with van der Waals surface area (Å²) < 4.78 is 5.51. The normalized spacial score (nSPS) is 11.1. The zero-order chi connectivity index (χ0) is 18.6. The highest BCUT2D eigenvalue weighted by Gasteiger charge is 2.11. The molecule has 1 heterocycles. The van der Waals surface area contributed by atoms with E-state index in [0.717, 1.165) is 22.1 Å². The first-order chi connectivity index (χ1) is 13.2. The van der Waals surface area contributed by atoms with Crippen molar-refractivity contribution in [3.63, 3.8) is 0 Å². The Balaban J connectivity index is 1.43. The summed E-state index contributed by atoms with van der Waals surface area (Å²) >= 11 is 5.94. The van der Waals surface area contributed by atoms with Crippen LogP contribution in [0.25, 0.3) is 22.1 Å². The lowest BCUT2D eigenvalue weighted by molar-refractivity contribution is 0.0929. The first-order valence-electron chi connectivity index (χ1n) is 8.37. The van der Waals surface area contributed by atoms with Crippen LogP contribution in [0.1, 0.15) is 16.1 Å². The highest BCUT2D eigenvalue weighted by Crippen LogP contribution is 2.23. The molecule has 27 heavy (non-hydrogen) atoms. The Kier molecular flexibility index (Phi) is 4.73. The van der Waals surface area contributed by atoms with E-state index in [1.54, 1.807) is 30.5 Å². The summed E-state index contributed by atoms with van der Waals surface area (Å²) in [6.45, 7) is 0. The Labute approximate surface area is 161 Å². The average Bonchev–Trinajstić information content (AvgIpc) is 3.12. The van der Waals surface area contributed by atoms with Crippen LogP contribution in [0.15, 0.2) is 88.4 Å². The highest BCUT2D eigenvalue weighted by atomic mass is 35.5. The molecule has 5 heteroatoms. The third-order valence-corrected chi connectivity index (χ3v) is 4.33. The lowest BCUT2D eigenvalue weighted by atomic mass is 10.0. The van der Waals surface area contributed by atoms with Gasteiger partial charge in [-0.1, -0.05) is 66.2 Å². The van der Waals surface area contributed by atoms with Gasteiger partial charge in [-0.25, -0.2) is 5.43 Å². The second-order valence-electron chi connectivity index (χ2n) is 5.98. The van der Waals surface area contributed by atoms with Crippen molar-refractivity contribution >= 4 is 34.7 Å². The number of amides is 1. The lowest BCUT2D eigenvalue weighted by Crippen LogP contribution is -2.16. The van der Waals surface area contributed by atoms with Gasteiger partial charge in [0, 0.05) is 10.4 Å². The van der Waals surface area contributed by atoms with Gasteiger partial charge >= 0.3 is 5.91 Å². The predicted molar refractivity (Wildman–Crippen MR) is 108 cm³/mol. The van der Waals surface area contributed by atoms with Gasteiger partial charge in [0.1, 0.15) is 5.58 Å². The Morgan fingerprint density at radius 2 is 1.67 bits per heavy atom. The van der Waals surface area contributed by atoms with E-state index >= 15 is 0 Å². The van der Waals surface area contributed by atoms with Crippen LogP contribution >= 0.6 is 11.6 Å². The van der Waals surface area contributed by atoms with Gasteiger partial charge in [0.2, 0.25) is 0 Å². The number of furan rings is 1. The Morgan fingerprint density at radius 1 is 0.926 bits per heavy atom. The second kappa shape index (κ2) is 7.48. The zero-order valence-corrected chi connectivity index (χ0v) is 15.0. The van der Waals surface area contributed by atoms with E-state index in [-0.39, 0.29) is 5.76 Å². The molecule has 0 aliphatic heterocycles. The van der Waals surface area contributed by atoms with Crippen molar-refractivity contribution in [2.45, 2.75) is 0 Å². The number of hydrogen-bond acceptors (Lipinski definition) is 3. The van der Waals surface area contributed by atoms with Crippen LogP contribution in [-0.2, 0) is 0 Å². The van der Waals surface area contributed by atoms with E-state index in [2.05, 4.69) is 22.7 Å². The number of fused-ring (bicyclic) bond motifs is 1. The molecular formula is C22H15ClN2O2. The van der Waals surface area contributed by atoms with E-state index in [1.165, 1.54) is 0 Å². The number of carbonyl (C=O) groups excluding carboxylic acids is 1. The fourth-order valence-electron chi connectivity index (χ4n) is 2.74. The van der Waals surface area contributed by atoms with Crippen molar-refractivity contribution in [1.82, 2.24) is 5.43 Å². The van der Waals surface area contributed by atoms with Gasteiger partial charge in [-0.15, -0.1) is 0 Å². The second-order valence-corrected chi connectivity index (χ2v) is 6.42. The molecule has 4 aromatic rings. The average molecular weight is 375 g/mol. The van der Waals surface area contributed by atoms with E-state index in [0.29, 0.717) is 10.6 Å². The lowest BCUT2D eigenvalue weighted by Gasteiger charge is -2.01. The smallest absolute Gasteiger partial charge is 0.307 e. The molecule has 0 aliphatic carbocycles. The van der Waals surface area contributed by atoms with Crippen LogP contribution in [0, 0.1) is 0 Å². The van der Waals surface area contributed by atoms with Crippen LogP contribution in [-0.4, -0.2) is 12.1 Å². The van der Waals surface area contributed by atoms with Gasteiger partial charge in [-0.2, -0.15) is 5.10 Å². The minimum Gasteiger partial charge on any atom is -0.451 e. The Bertz CT molecular complexity index is 1120. The summed E-state index contributed by atoms with van der Waals surface area (Å²) in [7, 11) is 0. The molecule has 0 fully saturated rings. The molecule has 0 saturated heterocycles. The topological polar surface area (TPSA) is 54.6 Å². The molecule has 0 saturated carbocycles. The molecule has 0 unspecified atom stereocenters. The molecule has 132 valence electrons. The van der Waals surface area contributed by atoms with Crippen LogP contribution in [0.3, 0.4) is 0 Å². The molecule has 1 aromatic heterocycles. The molecule has 0 atom stereocenters. The first kappa shape index (κ1) is 17.1. The number of rotatable bonds is 4. The van der Waals surface area contributed by atoms with E-state index < -0.39 is 5.91 Å². The van der Waals surface area contributed by atoms with E-state index in [1.807, 2.05) is 42.5 Å². The third kappa shape index (κ3) is 3.91. The number of nitrogens with zero attached hydrogens (tertiary/aromatic N) is 1. The maximum Gasteiger partial charge on any atom is 0.307 e. The highest BCUT2D eigenvalue weighted by molar-refractivity contribution is 6.31. The van der Waals surface area contributed by atoms with Crippen molar-refractivity contribution in [1.29, 1.82) is 0 Å². The summed E-state index contributed by atoms with van der Waals surface area (Å²) in [5, 5.41) is 5.36. The molecule has 0 bridgehead atoms. The van der Waals surface area contributed by atoms with Crippen molar-refractivity contribution in [2.75, 3.05) is 0 Å². The van der Waals surface area contributed by atoms with Crippen LogP contribution < -0.4 is 5.43 Å². The SMILES string of the molecule is O=C(N/N=C/c1ccc(-c2ccccc2)cc1)c1cc2cc(Cl)ccc2o1. The quantitative estimate of drug-likeness (QED) is 0.378. The summed E-state index contributed by atoms with van der Waals surface area (Å²) in [6, 6.07) is 24.9. The fourth-order valence-corrected chi connectivity index (χ4v) is 2.92. The van der Waals surface area contributed by atoms with Crippen LogP contribution in [0.4, 0.5) is 0 Å². The van der Waals surface area contributed by atoms with Crippen LogP contribution in [0.5, 0.6) is 0 Å². The number of benzene rings is 3. The number of hydrogen-bond donors (Lipinski definition) is 1. The van der Waals surface area contributed by atoms with E-state index in [4.69, 9.17) is 16.0 Å². The summed E-state index contributed by atoms with van der Waals surface area (Å²) in [4.78, 5) is 12.2. The number of nitrogens with one attached hydrogen (secondary N) is 1. The number of carbonyl (C=O) groups is 1. The summed E-state index contributed by atoms with van der Waals surface area (Å²) in [6.07, 6.45) is 1.59. The Morgan fingerprint density at radius 3 is 2.44 bits per heavy atom. The molecule has 3 aromatic carbocycles. The molecule has 0 spiro atoms. The molecule has 1 N–H and O–H groups in total. The first-order valence-corrected chi connectivity index (χ1v) is 8.75. The summed E-state index contributed by atoms with van der Waals surface area (Å²) in [5.41, 5.74) is 6.23. The molecule has 1 amide bonds. The monoisotopic (exact) mass is 374 g/mol. The molecule has 4 nitrogen and oxygen atoms in total. The number of hydrazone groups is 1. The maximum absolute atomic E-state index is 12.2. The molecule has 0 radical (unpaired) electrons. The van der Waals surface area contributed by atoms with Crippen molar-refractivity contribution < 1.29 is 9.21 Å². The van der Waals surface area contributed by atoms with Gasteiger partial charge in [0.05, 0.1) is 6.21 Å². The largest absolute Gasteiger partial charge is 0.451 e. The van der Waals surface area contributed by atoms with Gasteiger partial charge in [-0.05, 0) is 41.0 Å². The van der Waals surface area contributed by atoms with Gasteiger partial charge in [0.15, 0.2) is 5.76 Å². The third-order valence-electron chi connectivity index (χ3n) is 4.10. The fraction of sp³-hybridized carbons (Fsp3) is 0. The van der Waals surface area contributed by atoms with Gasteiger partial charge < -0.3 is 4.42 Å². The number of halogens is 1. The summed E-state index contributed by atoms with van der Waals surface area (Å²) in [5.74, 6) is -0.233. The van der Waals surface area contributed by atoms with Crippen molar-refractivity contribution in [3.05, 3.63) is 95.2 Å². The van der Waals surface area contributed by atoms with Gasteiger partial charge in [0.25, 0.3) is 0 Å². The van der Waals surface area contributed by atoms with Gasteiger partial charge in [-0.3, -0.25) is 4.79 Å². The molecule has 4 rings (SSSR count). The van der Waals surface area contributed by atoms with Crippen molar-refractivity contribution in [3.8, 4) is 11.1 Å². The minimum absolute atomic E-state index is 0.184. The van der Waals surface area contributed by atoms with E-state index in [9.17, 15) is 4.79 Å². The predicted octanol–water partition coefficient (Wildman–Crippen LogP) is 5.52. The minimum atomic E-state index is -0.417.